The summed E-state index contributed by atoms with van der Waals surface area (Å²) in [6.07, 6.45) is 1.13. The van der Waals surface area contributed by atoms with Crippen molar-refractivity contribution in [3.63, 3.8) is 0 Å². The van der Waals surface area contributed by atoms with Gasteiger partial charge in [-0.1, -0.05) is 30.3 Å². The van der Waals surface area contributed by atoms with E-state index in [0.717, 1.165) is 10.9 Å². The van der Waals surface area contributed by atoms with Crippen LogP contribution in [0.1, 0.15) is 17.5 Å². The Morgan fingerprint density at radius 1 is 1.28 bits per heavy atom. The summed E-state index contributed by atoms with van der Waals surface area (Å²) >= 11 is 0. The van der Waals surface area contributed by atoms with Crippen LogP contribution in [-0.2, 0) is 0 Å². The van der Waals surface area contributed by atoms with Gasteiger partial charge in [-0.2, -0.15) is 9.78 Å². The van der Waals surface area contributed by atoms with Crippen molar-refractivity contribution in [3.8, 4) is 11.4 Å². The van der Waals surface area contributed by atoms with Gasteiger partial charge in [0.15, 0.2) is 11.6 Å². The second-order valence-electron chi connectivity index (χ2n) is 4.89. The first kappa shape index (κ1) is 16.1. The average Bonchev–Trinajstić information content (AvgIpc) is 3.18. The van der Waals surface area contributed by atoms with Crippen LogP contribution in [0.25, 0.3) is 11.4 Å². The Morgan fingerprint density at radius 3 is 2.60 bits per heavy atom. The zero-order valence-electron chi connectivity index (χ0n) is 12.9. The van der Waals surface area contributed by atoms with Crippen LogP contribution in [0.2, 0.25) is 0 Å². The van der Waals surface area contributed by atoms with E-state index in [0.29, 0.717) is 10.2 Å². The smallest absolute Gasteiger partial charge is 0.400 e. The van der Waals surface area contributed by atoms with E-state index in [2.05, 4.69) is 10.2 Å². The summed E-state index contributed by atoms with van der Waals surface area (Å²) in [5.41, 5.74) is -0.189. The molecule has 0 aliphatic carbocycles. The van der Waals surface area contributed by atoms with Gasteiger partial charge in [-0.05, 0) is 6.07 Å². The molecule has 0 aliphatic heterocycles. The maximum absolute atomic E-state index is 12.3. The Bertz CT molecular complexity index is 1030. The van der Waals surface area contributed by atoms with Gasteiger partial charge < -0.3 is 4.42 Å². The highest BCUT2D eigenvalue weighted by molar-refractivity contribution is 5.77. The second-order valence-corrected chi connectivity index (χ2v) is 4.89. The van der Waals surface area contributed by atoms with E-state index in [4.69, 9.17) is 4.42 Å². The zero-order chi connectivity index (χ0) is 18.0. The van der Waals surface area contributed by atoms with Crippen molar-refractivity contribution in [1.82, 2.24) is 14.5 Å². The van der Waals surface area contributed by atoms with E-state index in [1.807, 2.05) is 0 Å². The number of furan rings is 1. The number of carbonyl (C=O) groups excluding carboxylic acids is 1. The lowest BCUT2D eigenvalue weighted by Gasteiger charge is -1.98. The molecule has 3 aromatic rings. The van der Waals surface area contributed by atoms with Gasteiger partial charge >= 0.3 is 11.6 Å². The molecule has 0 unspecified atom stereocenters. The summed E-state index contributed by atoms with van der Waals surface area (Å²) in [5, 5.41) is 18.6. The van der Waals surface area contributed by atoms with Crippen LogP contribution in [0.4, 0.5) is 5.88 Å². The minimum absolute atomic E-state index is 0.0770. The van der Waals surface area contributed by atoms with Crippen molar-refractivity contribution in [2.45, 2.75) is 6.92 Å². The van der Waals surface area contributed by atoms with Gasteiger partial charge in [-0.15, -0.1) is 9.78 Å². The molecule has 0 atom stereocenters. The van der Waals surface area contributed by atoms with Crippen LogP contribution in [0.5, 0.6) is 0 Å². The first-order valence-corrected chi connectivity index (χ1v) is 7.04. The molecule has 0 saturated carbocycles. The number of carbonyl (C=O) groups is 1. The third kappa shape index (κ3) is 3.13. The van der Waals surface area contributed by atoms with E-state index >= 15 is 0 Å². The van der Waals surface area contributed by atoms with Crippen LogP contribution in [-0.4, -0.2) is 31.5 Å². The lowest BCUT2D eigenvalue weighted by Crippen LogP contribution is -2.26. The normalized spacial score (nSPS) is 11.1. The summed E-state index contributed by atoms with van der Waals surface area (Å²) in [4.78, 5) is 33.8. The number of rotatable bonds is 4. The van der Waals surface area contributed by atoms with Gasteiger partial charge in [0.05, 0.1) is 12.3 Å². The maximum atomic E-state index is 12.3. The summed E-state index contributed by atoms with van der Waals surface area (Å²) < 4.78 is 6.56. The topological polar surface area (TPSA) is 126 Å². The molecular formula is C15H11N5O5. The van der Waals surface area contributed by atoms with Crippen LogP contribution in [0.3, 0.4) is 0 Å². The fourth-order valence-electron chi connectivity index (χ4n) is 2.06. The number of hydrogen-bond acceptors (Lipinski definition) is 7. The van der Waals surface area contributed by atoms with Crippen molar-refractivity contribution in [2.24, 2.45) is 5.10 Å². The number of hydrogen-bond donors (Lipinski definition) is 0. The summed E-state index contributed by atoms with van der Waals surface area (Å²) in [6.45, 7) is 1.20. The first-order valence-electron chi connectivity index (χ1n) is 7.04. The molecule has 10 heteroatoms. The summed E-state index contributed by atoms with van der Waals surface area (Å²) in [7, 11) is 0. The SMILES string of the molecule is CC(=O)n1nc(-c2ccccc2)n(N=Cc2ccc([N+](=O)[O-])o2)c1=O. The number of aromatic nitrogens is 3. The molecule has 0 aliphatic rings. The Kier molecular flexibility index (Phi) is 4.08. The Balaban J connectivity index is 2.07. The van der Waals surface area contributed by atoms with Gasteiger partial charge in [0.2, 0.25) is 5.91 Å². The van der Waals surface area contributed by atoms with E-state index in [1.165, 1.54) is 19.1 Å². The molecule has 10 nitrogen and oxygen atoms in total. The molecule has 0 fully saturated rings. The zero-order valence-corrected chi connectivity index (χ0v) is 12.9. The van der Waals surface area contributed by atoms with Crippen molar-refractivity contribution in [1.29, 1.82) is 0 Å². The molecule has 0 amide bonds. The number of nitro groups is 1. The standard InChI is InChI=1S/C15H11N5O5/c1-10(21)18-15(22)19(14(17-18)11-5-3-2-4-6-11)16-9-12-7-8-13(25-12)20(23)24/h2-9H,1H3. The monoisotopic (exact) mass is 341 g/mol. The third-order valence-electron chi connectivity index (χ3n) is 3.18. The highest BCUT2D eigenvalue weighted by atomic mass is 16.6. The number of nitrogens with zero attached hydrogens (tertiary/aromatic N) is 5. The predicted molar refractivity (Wildman–Crippen MR) is 86.6 cm³/mol. The predicted octanol–water partition coefficient (Wildman–Crippen LogP) is 1.76. The highest BCUT2D eigenvalue weighted by Crippen LogP contribution is 2.16. The molecule has 0 saturated heterocycles. The minimum atomic E-state index is -0.761. The fourth-order valence-corrected chi connectivity index (χ4v) is 2.06. The molecule has 0 bridgehead atoms. The van der Waals surface area contributed by atoms with Crippen molar-refractivity contribution >= 4 is 18.0 Å². The fraction of sp³-hybridized carbons (Fsp3) is 0.0667. The van der Waals surface area contributed by atoms with Crippen LogP contribution in [0, 0.1) is 10.1 Å². The van der Waals surface area contributed by atoms with E-state index < -0.39 is 22.4 Å². The van der Waals surface area contributed by atoms with Gasteiger partial charge in [0.1, 0.15) is 4.92 Å². The molecular weight excluding hydrogens is 330 g/mol. The van der Waals surface area contributed by atoms with Gasteiger partial charge in [-0.3, -0.25) is 14.9 Å². The highest BCUT2D eigenvalue weighted by Gasteiger charge is 2.17. The van der Waals surface area contributed by atoms with Crippen molar-refractivity contribution in [3.05, 3.63) is 68.8 Å². The largest absolute Gasteiger partial charge is 0.433 e. The van der Waals surface area contributed by atoms with Crippen molar-refractivity contribution < 1.29 is 14.1 Å². The lowest BCUT2D eigenvalue weighted by molar-refractivity contribution is -0.402. The molecule has 2 aromatic heterocycles. The molecule has 126 valence electrons. The maximum Gasteiger partial charge on any atom is 0.433 e. The molecule has 1 aromatic carbocycles. The number of benzene rings is 1. The Morgan fingerprint density at radius 2 is 2.00 bits per heavy atom. The van der Waals surface area contributed by atoms with Gasteiger partial charge in [-0.25, -0.2) is 4.79 Å². The quantitative estimate of drug-likeness (QED) is 0.404. The molecule has 2 heterocycles. The minimum Gasteiger partial charge on any atom is -0.400 e. The van der Waals surface area contributed by atoms with Crippen LogP contribution >= 0.6 is 0 Å². The first-order chi connectivity index (χ1) is 12.0. The van der Waals surface area contributed by atoms with Crippen LogP contribution < -0.4 is 5.69 Å². The van der Waals surface area contributed by atoms with Gasteiger partial charge in [0, 0.05) is 12.5 Å². The van der Waals surface area contributed by atoms with E-state index in [9.17, 15) is 19.7 Å². The summed E-state index contributed by atoms with van der Waals surface area (Å²) in [5.74, 6) is -0.785. The van der Waals surface area contributed by atoms with E-state index in [1.54, 1.807) is 30.3 Å². The third-order valence-corrected chi connectivity index (χ3v) is 3.18. The molecule has 3 rings (SSSR count). The average molecular weight is 341 g/mol. The molecule has 0 N–H and O–H groups in total. The molecule has 0 radical (unpaired) electrons. The second kappa shape index (κ2) is 6.35. The van der Waals surface area contributed by atoms with E-state index in [-0.39, 0.29) is 11.6 Å². The molecule has 25 heavy (non-hydrogen) atoms. The van der Waals surface area contributed by atoms with Crippen LogP contribution in [0.15, 0.2) is 56.8 Å². The van der Waals surface area contributed by atoms with Gasteiger partial charge in [0.25, 0.3) is 0 Å². The molecule has 0 spiro atoms. The lowest BCUT2D eigenvalue weighted by atomic mass is 10.2. The Hall–Kier alpha value is -3.82. The summed E-state index contributed by atoms with van der Waals surface area (Å²) in [6, 6.07) is 11.2. The Labute approximate surface area is 139 Å². The van der Waals surface area contributed by atoms with Crippen molar-refractivity contribution in [2.75, 3.05) is 0 Å².